The summed E-state index contributed by atoms with van der Waals surface area (Å²) in [6.07, 6.45) is 1.98. The molecule has 7 heteroatoms. The molecule has 1 atom stereocenters. The van der Waals surface area contributed by atoms with Gasteiger partial charge >= 0.3 is 0 Å². The Labute approximate surface area is 114 Å². The van der Waals surface area contributed by atoms with Gasteiger partial charge in [-0.2, -0.15) is 0 Å². The minimum atomic E-state index is -3.04. The van der Waals surface area contributed by atoms with Crippen LogP contribution < -0.4 is 5.32 Å². The summed E-state index contributed by atoms with van der Waals surface area (Å²) in [5, 5.41) is 2.68. The van der Waals surface area contributed by atoms with Gasteiger partial charge < -0.3 is 5.32 Å². The van der Waals surface area contributed by atoms with E-state index in [4.69, 9.17) is 0 Å². The summed E-state index contributed by atoms with van der Waals surface area (Å²) in [5.41, 5.74) is 0.832. The van der Waals surface area contributed by atoms with E-state index in [1.165, 1.54) is 0 Å². The van der Waals surface area contributed by atoms with Crippen molar-refractivity contribution in [3.05, 3.63) is 22.3 Å². The van der Waals surface area contributed by atoms with Gasteiger partial charge in [0.05, 0.1) is 17.4 Å². The van der Waals surface area contributed by atoms with Gasteiger partial charge in [-0.15, -0.1) is 0 Å². The summed E-state index contributed by atoms with van der Waals surface area (Å²) in [4.78, 5) is 16.0. The molecule has 2 rings (SSSR count). The van der Waals surface area contributed by atoms with Gasteiger partial charge in [0.15, 0.2) is 9.84 Å². The normalized spacial score (nSPS) is 21.8. The molecule has 1 N–H and O–H groups in total. The second-order valence-corrected chi connectivity index (χ2v) is 7.55. The zero-order valence-corrected chi connectivity index (χ0v) is 12.2. The Kier molecular flexibility index (Phi) is 3.72. The van der Waals surface area contributed by atoms with E-state index in [0.717, 1.165) is 10.0 Å². The number of rotatable bonds is 2. The molecule has 98 valence electrons. The molecule has 0 aliphatic carbocycles. The van der Waals surface area contributed by atoms with E-state index < -0.39 is 15.8 Å². The smallest absolute Gasteiger partial charge is 0.229 e. The van der Waals surface area contributed by atoms with Crippen LogP contribution in [0.3, 0.4) is 0 Å². The Morgan fingerprint density at radius 3 is 2.83 bits per heavy atom. The molecular weight excluding hydrogens is 320 g/mol. The Balaban J connectivity index is 2.08. The fourth-order valence-corrected chi connectivity index (χ4v) is 4.08. The third kappa shape index (κ3) is 3.08. The summed E-state index contributed by atoms with van der Waals surface area (Å²) >= 11 is 3.29. The summed E-state index contributed by atoms with van der Waals surface area (Å²) < 4.78 is 23.4. The lowest BCUT2D eigenvalue weighted by Crippen LogP contribution is -2.24. The molecule has 1 aliphatic rings. The number of nitrogens with one attached hydrogen (secondary N) is 1. The maximum Gasteiger partial charge on any atom is 0.229 e. The zero-order chi connectivity index (χ0) is 13.3. The van der Waals surface area contributed by atoms with Crippen LogP contribution in [0.15, 0.2) is 16.7 Å². The van der Waals surface area contributed by atoms with E-state index in [1.54, 1.807) is 6.20 Å². The summed E-state index contributed by atoms with van der Waals surface area (Å²) in [7, 11) is -3.04. The number of carbonyl (C=O) groups is 1. The van der Waals surface area contributed by atoms with Gasteiger partial charge in [-0.25, -0.2) is 13.4 Å². The highest BCUT2D eigenvalue weighted by Crippen LogP contribution is 2.22. The highest BCUT2D eigenvalue weighted by atomic mass is 79.9. The molecule has 0 spiro atoms. The molecule has 1 fully saturated rings. The summed E-state index contributed by atoms with van der Waals surface area (Å²) in [5.74, 6) is -0.215. The van der Waals surface area contributed by atoms with Crippen molar-refractivity contribution in [1.29, 1.82) is 0 Å². The first kappa shape index (κ1) is 13.5. The molecule has 5 nitrogen and oxygen atoms in total. The van der Waals surface area contributed by atoms with Crippen LogP contribution in [0.1, 0.15) is 12.0 Å². The number of pyridine rings is 1. The van der Waals surface area contributed by atoms with Crippen LogP contribution in [0.5, 0.6) is 0 Å². The Bertz CT molecular complexity index is 586. The van der Waals surface area contributed by atoms with Gasteiger partial charge in [-0.3, -0.25) is 4.79 Å². The standard InChI is InChI=1S/C11H13BrN2O3S/c1-7-4-9(12)5-13-10(7)14-11(15)8-2-3-18(16,17)6-8/h4-5,8H,2-3,6H2,1H3,(H,13,14,15)/t8-/m1/s1. The first-order valence-corrected chi connectivity index (χ1v) is 8.12. The van der Waals surface area contributed by atoms with Crippen molar-refractivity contribution in [2.45, 2.75) is 13.3 Å². The van der Waals surface area contributed by atoms with Crippen molar-refractivity contribution < 1.29 is 13.2 Å². The highest BCUT2D eigenvalue weighted by Gasteiger charge is 2.33. The molecule has 18 heavy (non-hydrogen) atoms. The van der Waals surface area contributed by atoms with Crippen molar-refractivity contribution in [2.75, 3.05) is 16.8 Å². The van der Waals surface area contributed by atoms with E-state index in [-0.39, 0.29) is 17.4 Å². The van der Waals surface area contributed by atoms with Gasteiger partial charge in [0.25, 0.3) is 0 Å². The lowest BCUT2D eigenvalue weighted by Gasteiger charge is -2.10. The average molecular weight is 333 g/mol. The minimum absolute atomic E-state index is 0.0611. The number of anilines is 1. The van der Waals surface area contributed by atoms with E-state index in [2.05, 4.69) is 26.2 Å². The number of hydrogen-bond acceptors (Lipinski definition) is 4. The maximum atomic E-state index is 11.9. The predicted molar refractivity (Wildman–Crippen MR) is 72.1 cm³/mol. The van der Waals surface area contributed by atoms with Crippen LogP contribution in [0.25, 0.3) is 0 Å². The molecule has 1 aliphatic heterocycles. The number of nitrogens with zero attached hydrogens (tertiary/aromatic N) is 1. The lowest BCUT2D eigenvalue weighted by molar-refractivity contribution is -0.119. The van der Waals surface area contributed by atoms with Crippen LogP contribution in [0.4, 0.5) is 5.82 Å². The van der Waals surface area contributed by atoms with Crippen LogP contribution in [0, 0.1) is 12.8 Å². The first-order chi connectivity index (χ1) is 8.37. The second-order valence-electron chi connectivity index (χ2n) is 4.41. The topological polar surface area (TPSA) is 76.1 Å². The molecule has 1 aromatic heterocycles. The van der Waals surface area contributed by atoms with E-state index in [0.29, 0.717) is 12.2 Å². The molecule has 1 aromatic rings. The van der Waals surface area contributed by atoms with Gasteiger partial charge in [0.1, 0.15) is 5.82 Å². The molecule has 1 amide bonds. The second kappa shape index (κ2) is 4.97. The van der Waals surface area contributed by atoms with Crippen LogP contribution >= 0.6 is 15.9 Å². The average Bonchev–Trinajstić information content (AvgIpc) is 2.63. The Morgan fingerprint density at radius 2 is 2.28 bits per heavy atom. The van der Waals surface area contributed by atoms with Crippen molar-refractivity contribution in [2.24, 2.45) is 5.92 Å². The molecule has 0 aromatic carbocycles. The Morgan fingerprint density at radius 1 is 1.56 bits per heavy atom. The number of aromatic nitrogens is 1. The van der Waals surface area contributed by atoms with Crippen molar-refractivity contribution in [1.82, 2.24) is 4.98 Å². The van der Waals surface area contributed by atoms with Crippen molar-refractivity contribution in [3.63, 3.8) is 0 Å². The molecule has 0 unspecified atom stereocenters. The number of aryl methyl sites for hydroxylation is 1. The monoisotopic (exact) mass is 332 g/mol. The third-order valence-electron chi connectivity index (χ3n) is 2.89. The Hall–Kier alpha value is -0.950. The number of amides is 1. The van der Waals surface area contributed by atoms with Gasteiger partial charge in [0.2, 0.25) is 5.91 Å². The molecule has 0 radical (unpaired) electrons. The van der Waals surface area contributed by atoms with Gasteiger partial charge in [-0.05, 0) is 40.9 Å². The number of hydrogen-bond donors (Lipinski definition) is 1. The van der Waals surface area contributed by atoms with E-state index in [9.17, 15) is 13.2 Å². The van der Waals surface area contributed by atoms with Gasteiger partial charge in [-0.1, -0.05) is 0 Å². The maximum absolute atomic E-state index is 11.9. The number of halogens is 1. The van der Waals surface area contributed by atoms with Crippen LogP contribution in [-0.2, 0) is 14.6 Å². The van der Waals surface area contributed by atoms with Crippen molar-refractivity contribution >= 4 is 37.5 Å². The molecule has 0 saturated carbocycles. The SMILES string of the molecule is Cc1cc(Br)cnc1NC(=O)[C@@H]1CCS(=O)(=O)C1. The summed E-state index contributed by atoms with van der Waals surface area (Å²) in [6, 6.07) is 1.84. The third-order valence-corrected chi connectivity index (χ3v) is 5.09. The predicted octanol–water partition coefficient (Wildman–Crippen LogP) is 1.53. The molecule has 2 heterocycles. The quantitative estimate of drug-likeness (QED) is 0.890. The fraction of sp³-hybridized carbons (Fsp3) is 0.455. The van der Waals surface area contributed by atoms with E-state index >= 15 is 0 Å². The highest BCUT2D eigenvalue weighted by molar-refractivity contribution is 9.10. The van der Waals surface area contributed by atoms with Crippen LogP contribution in [-0.4, -0.2) is 30.8 Å². The molecule has 1 saturated heterocycles. The minimum Gasteiger partial charge on any atom is -0.310 e. The summed E-state index contributed by atoms with van der Waals surface area (Å²) in [6.45, 7) is 1.83. The fourth-order valence-electron chi connectivity index (χ4n) is 1.89. The first-order valence-electron chi connectivity index (χ1n) is 5.51. The molecular formula is C11H13BrN2O3S. The van der Waals surface area contributed by atoms with E-state index in [1.807, 2.05) is 13.0 Å². The molecule has 0 bridgehead atoms. The van der Waals surface area contributed by atoms with Gasteiger partial charge in [0, 0.05) is 10.7 Å². The van der Waals surface area contributed by atoms with Crippen molar-refractivity contribution in [3.8, 4) is 0 Å². The number of sulfone groups is 1. The largest absolute Gasteiger partial charge is 0.310 e. The number of carbonyl (C=O) groups excluding carboxylic acids is 1. The van der Waals surface area contributed by atoms with Crippen LogP contribution in [0.2, 0.25) is 0 Å². The lowest BCUT2D eigenvalue weighted by atomic mass is 10.1. The zero-order valence-electron chi connectivity index (χ0n) is 9.81.